The Hall–Kier alpha value is -0.520. The predicted octanol–water partition coefficient (Wildman–Crippen LogP) is 8.40. The van der Waals surface area contributed by atoms with Gasteiger partial charge in [-0.15, -0.1) is 0 Å². The fraction of sp³-hybridized carbons (Fsp3) is 0.750. The first kappa shape index (κ1) is 33.5. The van der Waals surface area contributed by atoms with Crippen molar-refractivity contribution in [3.05, 3.63) is 34.9 Å². The van der Waals surface area contributed by atoms with E-state index in [4.69, 9.17) is 21.1 Å². The van der Waals surface area contributed by atoms with E-state index in [2.05, 4.69) is 26.5 Å². The molecule has 4 atom stereocenters. The predicted molar refractivity (Wildman–Crippen MR) is 156 cm³/mol. The molecule has 0 aliphatic carbocycles. The number of thiol groups is 1. The van der Waals surface area contributed by atoms with Crippen LogP contribution in [0.4, 0.5) is 0 Å². The fourth-order valence-corrected chi connectivity index (χ4v) is 5.45. The number of carboxylic acid groups (broad SMARTS) is 1. The van der Waals surface area contributed by atoms with Crippen LogP contribution in [0.3, 0.4) is 0 Å². The summed E-state index contributed by atoms with van der Waals surface area (Å²) < 4.78 is 23.7. The summed E-state index contributed by atoms with van der Waals surface area (Å²) in [6.45, 7) is 4.97. The van der Waals surface area contributed by atoms with Crippen molar-refractivity contribution < 1.29 is 23.9 Å². The molecule has 0 saturated carbocycles. The standard InChI is InChI=1S/C28H48ClO5PS/c1-3-12-24(25-15-17-26(29)18-16-25)14-10-19-28(35-32,27(30)31)34-21-11-20-33-23(2)13-8-6-4-5-7-9-22-36/h15-18,23-24,36H,3-14,19-22,35H2,1-2H3,(H,30,31). The van der Waals surface area contributed by atoms with Gasteiger partial charge in [0, 0.05) is 11.6 Å². The Kier molecular flexibility index (Phi) is 19.0. The highest BCUT2D eigenvalue weighted by molar-refractivity contribution is 7.80. The number of rotatable bonds is 23. The summed E-state index contributed by atoms with van der Waals surface area (Å²) in [6, 6.07) is 7.85. The zero-order chi connectivity index (χ0) is 26.7. The zero-order valence-electron chi connectivity index (χ0n) is 22.3. The lowest BCUT2D eigenvalue weighted by Gasteiger charge is -2.26. The summed E-state index contributed by atoms with van der Waals surface area (Å²) in [5, 5.41) is 8.94. The number of unbranched alkanes of at least 4 members (excludes halogenated alkanes) is 5. The van der Waals surface area contributed by atoms with Crippen molar-refractivity contribution >= 4 is 38.7 Å². The molecular formula is C28H48ClO5PS. The number of ether oxygens (including phenoxy) is 2. The molecule has 1 aromatic rings. The Labute approximate surface area is 230 Å². The molecule has 0 spiro atoms. The maximum absolute atomic E-state index is 12.0. The molecule has 8 heteroatoms. The highest BCUT2D eigenvalue weighted by atomic mass is 35.5. The second-order valence-electron chi connectivity index (χ2n) is 9.76. The van der Waals surface area contributed by atoms with E-state index >= 15 is 0 Å². The molecule has 0 fully saturated rings. The maximum atomic E-state index is 12.0. The van der Waals surface area contributed by atoms with E-state index in [1.54, 1.807) is 0 Å². The molecule has 0 aliphatic rings. The SMILES string of the molecule is CCCC(CCCC(OCCCOC(C)CCCCCCCCS)([PH2]=O)C(=O)O)c1ccc(Cl)cc1. The normalized spacial score (nSPS) is 15.2. The Morgan fingerprint density at radius 1 is 1.00 bits per heavy atom. The van der Waals surface area contributed by atoms with Crippen molar-refractivity contribution in [3.63, 3.8) is 0 Å². The quantitative estimate of drug-likeness (QED) is 0.0795. The molecule has 0 amide bonds. The van der Waals surface area contributed by atoms with Crippen LogP contribution < -0.4 is 0 Å². The molecule has 1 rings (SSSR count). The van der Waals surface area contributed by atoms with Gasteiger partial charge in [-0.1, -0.05) is 69.2 Å². The largest absolute Gasteiger partial charge is 0.479 e. The third kappa shape index (κ3) is 13.9. The van der Waals surface area contributed by atoms with E-state index in [9.17, 15) is 14.5 Å². The molecule has 1 N–H and O–H groups in total. The average Bonchev–Trinajstić information content (AvgIpc) is 2.86. The highest BCUT2D eigenvalue weighted by Crippen LogP contribution is 2.35. The van der Waals surface area contributed by atoms with E-state index in [1.165, 1.54) is 37.7 Å². The minimum Gasteiger partial charge on any atom is -0.479 e. The van der Waals surface area contributed by atoms with Gasteiger partial charge in [0.15, 0.2) is 0 Å². The van der Waals surface area contributed by atoms with E-state index < -0.39 is 19.8 Å². The van der Waals surface area contributed by atoms with E-state index in [0.717, 1.165) is 37.9 Å². The molecule has 0 saturated heterocycles. The molecule has 208 valence electrons. The average molecular weight is 563 g/mol. The van der Waals surface area contributed by atoms with Crippen LogP contribution in [0.2, 0.25) is 5.02 Å². The third-order valence-electron chi connectivity index (χ3n) is 6.70. The van der Waals surface area contributed by atoms with E-state index in [0.29, 0.717) is 30.4 Å². The van der Waals surface area contributed by atoms with Crippen LogP contribution in [0.5, 0.6) is 0 Å². The second-order valence-corrected chi connectivity index (χ2v) is 11.8. The summed E-state index contributed by atoms with van der Waals surface area (Å²) in [5.74, 6) is 0.167. The molecule has 36 heavy (non-hydrogen) atoms. The lowest BCUT2D eigenvalue weighted by molar-refractivity contribution is -0.155. The van der Waals surface area contributed by atoms with Crippen molar-refractivity contribution in [2.24, 2.45) is 0 Å². The van der Waals surface area contributed by atoms with Gasteiger partial charge < -0.3 is 19.1 Å². The summed E-state index contributed by atoms with van der Waals surface area (Å²) in [7, 11) is -1.61. The van der Waals surface area contributed by atoms with Crippen molar-refractivity contribution in [2.75, 3.05) is 19.0 Å². The molecule has 0 aromatic heterocycles. The third-order valence-corrected chi connectivity index (χ3v) is 8.35. The summed E-state index contributed by atoms with van der Waals surface area (Å²) in [5.41, 5.74) is 1.21. The van der Waals surface area contributed by atoms with Crippen LogP contribution in [-0.4, -0.2) is 41.5 Å². The number of carbonyl (C=O) groups is 1. The number of halogens is 1. The van der Waals surface area contributed by atoms with Crippen LogP contribution in [0.1, 0.15) is 109 Å². The maximum Gasteiger partial charge on any atom is 0.343 e. The molecule has 1 aromatic carbocycles. The van der Waals surface area contributed by atoms with Crippen LogP contribution in [0.25, 0.3) is 0 Å². The molecule has 0 heterocycles. The molecule has 4 unspecified atom stereocenters. The zero-order valence-corrected chi connectivity index (χ0v) is 25.1. The Balaban J connectivity index is 2.37. The smallest absolute Gasteiger partial charge is 0.343 e. The minimum atomic E-state index is -1.61. The van der Waals surface area contributed by atoms with Crippen molar-refractivity contribution in [1.29, 1.82) is 0 Å². The van der Waals surface area contributed by atoms with Crippen LogP contribution in [-0.2, 0) is 18.8 Å². The van der Waals surface area contributed by atoms with Gasteiger partial charge in [0.25, 0.3) is 0 Å². The lowest BCUT2D eigenvalue weighted by atomic mass is 9.89. The van der Waals surface area contributed by atoms with Gasteiger partial charge in [-0.05, 0) is 81.2 Å². The number of hydrogen-bond donors (Lipinski definition) is 2. The van der Waals surface area contributed by atoms with Gasteiger partial charge in [0.1, 0.15) is 8.46 Å². The monoisotopic (exact) mass is 562 g/mol. The molecule has 0 bridgehead atoms. The van der Waals surface area contributed by atoms with Crippen LogP contribution >= 0.6 is 32.7 Å². The van der Waals surface area contributed by atoms with Crippen molar-refractivity contribution in [3.8, 4) is 0 Å². The number of aliphatic carboxylic acids is 1. The first-order valence-electron chi connectivity index (χ1n) is 13.7. The van der Waals surface area contributed by atoms with Crippen molar-refractivity contribution in [1.82, 2.24) is 0 Å². The minimum absolute atomic E-state index is 0.181. The number of hydrogen-bond acceptors (Lipinski definition) is 5. The fourth-order valence-electron chi connectivity index (χ4n) is 4.49. The van der Waals surface area contributed by atoms with Gasteiger partial charge in [-0.2, -0.15) is 12.6 Å². The van der Waals surface area contributed by atoms with E-state index in [1.807, 2.05) is 24.3 Å². The number of benzene rings is 1. The van der Waals surface area contributed by atoms with Gasteiger partial charge in [-0.3, -0.25) is 0 Å². The van der Waals surface area contributed by atoms with Crippen molar-refractivity contribution in [2.45, 2.75) is 115 Å². The molecule has 5 nitrogen and oxygen atoms in total. The highest BCUT2D eigenvalue weighted by Gasteiger charge is 2.38. The second kappa shape index (κ2) is 20.4. The van der Waals surface area contributed by atoms with Gasteiger partial charge >= 0.3 is 5.97 Å². The van der Waals surface area contributed by atoms with Gasteiger partial charge in [-0.25, -0.2) is 4.79 Å². The Morgan fingerprint density at radius 2 is 1.67 bits per heavy atom. The lowest BCUT2D eigenvalue weighted by Crippen LogP contribution is -2.36. The summed E-state index contributed by atoms with van der Waals surface area (Å²) >= 11 is 10.3. The van der Waals surface area contributed by atoms with Gasteiger partial charge in [0.2, 0.25) is 5.34 Å². The summed E-state index contributed by atoms with van der Waals surface area (Å²) in [6.07, 6.45) is 13.0. The van der Waals surface area contributed by atoms with E-state index in [-0.39, 0.29) is 19.1 Å². The Morgan fingerprint density at radius 3 is 2.28 bits per heavy atom. The first-order valence-corrected chi connectivity index (χ1v) is 15.8. The van der Waals surface area contributed by atoms with Gasteiger partial charge in [0.05, 0.1) is 12.7 Å². The van der Waals surface area contributed by atoms with Crippen LogP contribution in [0.15, 0.2) is 24.3 Å². The molecular weight excluding hydrogens is 515 g/mol. The Bertz CT molecular complexity index is 720. The number of carboxylic acids is 1. The summed E-state index contributed by atoms with van der Waals surface area (Å²) in [4.78, 5) is 12.0. The molecule has 0 aliphatic heterocycles. The first-order chi connectivity index (χ1) is 17.4. The van der Waals surface area contributed by atoms with Crippen LogP contribution in [0, 0.1) is 0 Å². The topological polar surface area (TPSA) is 72.8 Å². The molecule has 0 radical (unpaired) electrons.